The van der Waals surface area contributed by atoms with Gasteiger partial charge in [0.1, 0.15) is 17.7 Å². The maximum atomic E-state index is 14.5. The van der Waals surface area contributed by atoms with Gasteiger partial charge in [-0.2, -0.15) is 0 Å². The van der Waals surface area contributed by atoms with E-state index in [4.69, 9.17) is 16.3 Å². The van der Waals surface area contributed by atoms with Crippen molar-refractivity contribution in [1.82, 2.24) is 25.2 Å². The standard InChI is InChI=1S/C36H44ClN5O6S2/c1-35(16-17-35)50(46,47)41-33(45)36-20-24(36)12-8-3-2-4-9-13-28(38-21-23-10-6-5-7-11-23)32(44)42-22-26(19-29(42)31(43)40-36)48-34-39-27-15-14-25(37)18-30(27)49-34/h5-7,10-11,14-15,18,24,26,28-29,38H,2-4,8-9,12-13,16-17,19-22H2,1H3,(H,40,43)(H,41,45)/t24-,26-,28+,29+,36-/m1/s1. The Bertz CT molecular complexity index is 1870. The number of carbonyl (C=O) groups excluding carboxylic acids is 3. The van der Waals surface area contributed by atoms with Crippen molar-refractivity contribution >= 4 is 60.9 Å². The Morgan fingerprint density at radius 1 is 1.08 bits per heavy atom. The van der Waals surface area contributed by atoms with E-state index < -0.39 is 50.3 Å². The van der Waals surface area contributed by atoms with Gasteiger partial charge in [0, 0.05) is 18.0 Å². The summed E-state index contributed by atoms with van der Waals surface area (Å²) < 4.78 is 34.8. The van der Waals surface area contributed by atoms with E-state index >= 15 is 0 Å². The third-order valence-electron chi connectivity index (χ3n) is 10.9. The average molecular weight is 742 g/mol. The Hall–Kier alpha value is -3.26. The van der Waals surface area contributed by atoms with Gasteiger partial charge < -0.3 is 20.3 Å². The van der Waals surface area contributed by atoms with Crippen molar-refractivity contribution in [3.8, 4) is 5.19 Å². The van der Waals surface area contributed by atoms with Crippen LogP contribution in [0.4, 0.5) is 0 Å². The van der Waals surface area contributed by atoms with Gasteiger partial charge in [-0.3, -0.25) is 19.1 Å². The second kappa shape index (κ2) is 14.0. The van der Waals surface area contributed by atoms with Crippen LogP contribution in [0.25, 0.3) is 10.2 Å². The van der Waals surface area contributed by atoms with Crippen molar-refractivity contribution < 1.29 is 27.5 Å². The third kappa shape index (κ3) is 7.37. The number of amides is 3. The highest BCUT2D eigenvalue weighted by atomic mass is 35.5. The van der Waals surface area contributed by atoms with Gasteiger partial charge in [-0.25, -0.2) is 13.4 Å². The van der Waals surface area contributed by atoms with Gasteiger partial charge in [-0.15, -0.1) is 0 Å². The molecule has 0 spiro atoms. The summed E-state index contributed by atoms with van der Waals surface area (Å²) in [5, 5.41) is 7.47. The number of fused-ring (bicyclic) bond motifs is 3. The van der Waals surface area contributed by atoms with Crippen LogP contribution in [0.15, 0.2) is 48.5 Å². The maximum absolute atomic E-state index is 14.5. The number of aromatic nitrogens is 1. The first-order valence-electron chi connectivity index (χ1n) is 17.7. The summed E-state index contributed by atoms with van der Waals surface area (Å²) in [5.74, 6) is -1.56. The Balaban J connectivity index is 1.16. The first kappa shape index (κ1) is 35.2. The fourth-order valence-electron chi connectivity index (χ4n) is 7.32. The van der Waals surface area contributed by atoms with Crippen LogP contribution in [0.2, 0.25) is 5.02 Å². The van der Waals surface area contributed by atoms with Crippen LogP contribution in [-0.4, -0.2) is 71.0 Å². The molecule has 3 aromatic rings. The molecule has 3 N–H and O–H groups in total. The quantitative estimate of drug-likeness (QED) is 0.290. The average Bonchev–Trinajstić information content (AvgIpc) is 3.90. The number of ether oxygens (including phenoxy) is 1. The number of hydrogen-bond donors (Lipinski definition) is 3. The first-order valence-corrected chi connectivity index (χ1v) is 20.3. The molecular formula is C36H44ClN5O6S2. The molecule has 5 atom stereocenters. The second-order valence-corrected chi connectivity index (χ2v) is 18.2. The largest absolute Gasteiger partial charge is 0.465 e. The van der Waals surface area contributed by atoms with Crippen molar-refractivity contribution in [3.05, 3.63) is 59.1 Å². The zero-order valence-corrected chi connectivity index (χ0v) is 30.5. The summed E-state index contributed by atoms with van der Waals surface area (Å²) in [6.45, 7) is 2.28. The molecule has 7 rings (SSSR count). The molecular weight excluding hydrogens is 698 g/mol. The van der Waals surface area contributed by atoms with Gasteiger partial charge in [0.25, 0.3) is 11.1 Å². The molecule has 4 fully saturated rings. The lowest BCUT2D eigenvalue weighted by Gasteiger charge is -2.30. The Morgan fingerprint density at radius 3 is 2.58 bits per heavy atom. The van der Waals surface area contributed by atoms with E-state index in [0.29, 0.717) is 48.9 Å². The van der Waals surface area contributed by atoms with Crippen LogP contribution in [0.5, 0.6) is 5.19 Å². The van der Waals surface area contributed by atoms with E-state index in [-0.39, 0.29) is 24.8 Å². The van der Waals surface area contributed by atoms with Gasteiger partial charge in [-0.05, 0) is 68.7 Å². The second-order valence-electron chi connectivity index (χ2n) is 14.6. The molecule has 2 aromatic carbocycles. The highest BCUT2D eigenvalue weighted by Crippen LogP contribution is 2.49. The van der Waals surface area contributed by atoms with Crippen LogP contribution in [0.1, 0.15) is 83.1 Å². The number of rotatable bonds is 8. The van der Waals surface area contributed by atoms with E-state index in [1.807, 2.05) is 42.5 Å². The number of nitrogens with zero attached hydrogens (tertiary/aromatic N) is 2. The zero-order valence-electron chi connectivity index (χ0n) is 28.2. The van der Waals surface area contributed by atoms with Crippen LogP contribution >= 0.6 is 22.9 Å². The molecule has 2 aliphatic carbocycles. The van der Waals surface area contributed by atoms with Crippen molar-refractivity contribution in [2.24, 2.45) is 5.92 Å². The summed E-state index contributed by atoms with van der Waals surface area (Å²) in [5.41, 5.74) is 0.441. The molecule has 3 heterocycles. The van der Waals surface area contributed by atoms with Crippen molar-refractivity contribution in [2.75, 3.05) is 6.54 Å². The number of sulfonamides is 1. The molecule has 2 saturated heterocycles. The van der Waals surface area contributed by atoms with E-state index in [1.165, 1.54) is 11.3 Å². The van der Waals surface area contributed by atoms with Gasteiger partial charge in [0.2, 0.25) is 21.8 Å². The molecule has 2 aliphatic heterocycles. The molecule has 0 unspecified atom stereocenters. The Kier molecular flexibility index (Phi) is 9.88. The summed E-state index contributed by atoms with van der Waals surface area (Å²) >= 11 is 7.54. The van der Waals surface area contributed by atoms with Crippen LogP contribution < -0.4 is 20.1 Å². The maximum Gasteiger partial charge on any atom is 0.274 e. The van der Waals surface area contributed by atoms with Gasteiger partial charge in [-0.1, -0.05) is 85.4 Å². The van der Waals surface area contributed by atoms with Gasteiger partial charge >= 0.3 is 0 Å². The first-order chi connectivity index (χ1) is 24.0. The number of carbonyl (C=O) groups is 3. The number of benzene rings is 2. The van der Waals surface area contributed by atoms with E-state index in [9.17, 15) is 22.8 Å². The van der Waals surface area contributed by atoms with Gasteiger partial charge in [0.15, 0.2) is 0 Å². The molecule has 4 aliphatic rings. The summed E-state index contributed by atoms with van der Waals surface area (Å²) in [7, 11) is -3.91. The predicted molar refractivity (Wildman–Crippen MR) is 192 cm³/mol. The highest BCUT2D eigenvalue weighted by Gasteiger charge is 2.63. The molecule has 14 heteroatoms. The van der Waals surface area contributed by atoms with Gasteiger partial charge in [0.05, 0.1) is 27.6 Å². The molecule has 2 saturated carbocycles. The molecule has 50 heavy (non-hydrogen) atoms. The number of thiazole rings is 1. The molecule has 3 amide bonds. The number of hydrogen-bond acceptors (Lipinski definition) is 9. The lowest BCUT2D eigenvalue weighted by atomic mass is 10.0. The molecule has 268 valence electrons. The molecule has 0 radical (unpaired) electrons. The van der Waals surface area contributed by atoms with Crippen molar-refractivity contribution in [3.63, 3.8) is 0 Å². The lowest BCUT2D eigenvalue weighted by Crippen LogP contribution is -2.58. The van der Waals surface area contributed by atoms with E-state index in [2.05, 4.69) is 20.3 Å². The lowest BCUT2D eigenvalue weighted by molar-refractivity contribution is -0.141. The van der Waals surface area contributed by atoms with Crippen LogP contribution in [0.3, 0.4) is 0 Å². The minimum atomic E-state index is -3.91. The predicted octanol–water partition coefficient (Wildman–Crippen LogP) is 5.07. The number of nitrogens with one attached hydrogen (secondary N) is 3. The van der Waals surface area contributed by atoms with E-state index in [1.54, 1.807) is 17.9 Å². The highest BCUT2D eigenvalue weighted by molar-refractivity contribution is 7.91. The Morgan fingerprint density at radius 2 is 1.82 bits per heavy atom. The SMILES string of the molecule is CC1(S(=O)(=O)NC(=O)[C@@]23C[C@H]2CCCCCCC[C@H](NCc2ccccc2)C(=O)N2C[C@H](Oc4nc5ccc(Cl)cc5s4)C[C@H]2C(=O)N3)CC1. The molecule has 11 nitrogen and oxygen atoms in total. The zero-order chi connectivity index (χ0) is 35.1. The fourth-order valence-corrected chi connectivity index (χ4v) is 9.78. The molecule has 0 bridgehead atoms. The molecule has 1 aromatic heterocycles. The smallest absolute Gasteiger partial charge is 0.274 e. The minimum absolute atomic E-state index is 0.159. The minimum Gasteiger partial charge on any atom is -0.465 e. The summed E-state index contributed by atoms with van der Waals surface area (Å²) in [6.07, 6.45) is 6.93. The fraction of sp³-hybridized carbons (Fsp3) is 0.556. The normalized spacial score (nSPS) is 28.5. The third-order valence-corrected chi connectivity index (χ3v) is 14.2. The van der Waals surface area contributed by atoms with Crippen LogP contribution in [-0.2, 0) is 31.0 Å². The van der Waals surface area contributed by atoms with E-state index in [0.717, 1.165) is 47.9 Å². The summed E-state index contributed by atoms with van der Waals surface area (Å²) in [6, 6.07) is 13.8. The Labute approximate surface area is 301 Å². The van der Waals surface area contributed by atoms with Crippen LogP contribution in [0, 0.1) is 5.92 Å². The van der Waals surface area contributed by atoms with Crippen molar-refractivity contribution in [1.29, 1.82) is 0 Å². The summed E-state index contributed by atoms with van der Waals surface area (Å²) in [4.78, 5) is 48.8. The topological polar surface area (TPSA) is 147 Å². The van der Waals surface area contributed by atoms with Crippen molar-refractivity contribution in [2.45, 2.75) is 113 Å². The number of halogens is 1. The monoisotopic (exact) mass is 741 g/mol.